The highest BCUT2D eigenvalue weighted by atomic mass is 32.2. The van der Waals surface area contributed by atoms with Crippen LogP contribution in [0.1, 0.15) is 21.6 Å². The summed E-state index contributed by atoms with van der Waals surface area (Å²) in [4.78, 5) is 36.3. The van der Waals surface area contributed by atoms with Gasteiger partial charge in [0, 0.05) is 36.0 Å². The molecule has 4 aromatic rings. The van der Waals surface area contributed by atoms with Gasteiger partial charge in [-0.1, -0.05) is 42.1 Å². The van der Waals surface area contributed by atoms with Gasteiger partial charge in [0.2, 0.25) is 11.8 Å². The van der Waals surface area contributed by atoms with Crippen LogP contribution < -0.4 is 25.8 Å². The molecule has 0 radical (unpaired) electrons. The Labute approximate surface area is 250 Å². The van der Waals surface area contributed by atoms with Gasteiger partial charge in [0.25, 0.3) is 5.91 Å². The molecule has 0 unspecified atom stereocenters. The SMILES string of the molecule is COc1cnc(C(=O)Nc2ccc(F)c([C@]34CN(c5ncc(F)cn5)C[C@H]3CSC(NNCc3ccccc3)=N4)c2)cn1. The number of carbonyl (C=O) groups is 1. The smallest absolute Gasteiger partial charge is 0.275 e. The number of methoxy groups -OCH3 is 1. The Morgan fingerprint density at radius 1 is 1.07 bits per heavy atom. The molecule has 6 rings (SSSR count). The number of benzene rings is 2. The normalized spacial score (nSPS) is 19.4. The number of aliphatic imine (C=N–C) groups is 1. The van der Waals surface area contributed by atoms with E-state index in [1.165, 1.54) is 43.4 Å². The summed E-state index contributed by atoms with van der Waals surface area (Å²) < 4.78 is 34.3. The highest BCUT2D eigenvalue weighted by Crippen LogP contribution is 2.47. The highest BCUT2D eigenvalue weighted by molar-refractivity contribution is 8.13. The van der Waals surface area contributed by atoms with Gasteiger partial charge in [-0.15, -0.1) is 0 Å². The van der Waals surface area contributed by atoms with Gasteiger partial charge in [-0.25, -0.2) is 39.1 Å². The first-order valence-electron chi connectivity index (χ1n) is 13.4. The minimum absolute atomic E-state index is 0.0753. The van der Waals surface area contributed by atoms with Gasteiger partial charge in [0.05, 0.1) is 38.4 Å². The number of halogens is 2. The summed E-state index contributed by atoms with van der Waals surface area (Å²) in [6.45, 7) is 1.27. The summed E-state index contributed by atoms with van der Waals surface area (Å²) in [7, 11) is 1.45. The third-order valence-corrected chi connectivity index (χ3v) is 8.29. The number of ether oxygens (including phenoxy) is 1. The van der Waals surface area contributed by atoms with Crippen LogP contribution in [-0.2, 0) is 12.1 Å². The third-order valence-electron chi connectivity index (χ3n) is 7.25. The molecule has 43 heavy (non-hydrogen) atoms. The summed E-state index contributed by atoms with van der Waals surface area (Å²) in [6, 6.07) is 14.3. The first kappa shape index (κ1) is 28.4. The predicted octanol–water partition coefficient (Wildman–Crippen LogP) is 3.53. The lowest BCUT2D eigenvalue weighted by atomic mass is 9.81. The van der Waals surface area contributed by atoms with Crippen LogP contribution in [0.4, 0.5) is 20.4 Å². The number of amidine groups is 1. The van der Waals surface area contributed by atoms with Gasteiger partial charge in [-0.2, -0.15) is 0 Å². The molecule has 0 spiro atoms. The topological polar surface area (TPSA) is 130 Å². The number of aromatic nitrogens is 4. The molecule has 3 N–H and O–H groups in total. The van der Waals surface area contributed by atoms with Crippen molar-refractivity contribution in [1.29, 1.82) is 0 Å². The van der Waals surface area contributed by atoms with Gasteiger partial charge in [0.1, 0.15) is 17.1 Å². The zero-order chi connectivity index (χ0) is 29.8. The van der Waals surface area contributed by atoms with E-state index >= 15 is 4.39 Å². The maximum atomic E-state index is 15.8. The standard InChI is InChI=1S/C29H27F2N9O2S/c1-42-25-14-32-24(13-33-25)26(41)37-21-7-8-23(31)22(9-21)29-17-40(27-34-11-20(30)12-35-27)15-19(29)16-43-28(38-29)39-36-10-18-5-3-2-4-6-18/h2-9,11-14,19,36H,10,15-17H2,1H3,(H,37,41)(H,38,39)/t19-,29-/m0/s1. The second kappa shape index (κ2) is 12.3. The van der Waals surface area contributed by atoms with Crippen LogP contribution in [0.5, 0.6) is 5.88 Å². The van der Waals surface area contributed by atoms with Gasteiger partial charge in [-0.05, 0) is 23.8 Å². The Kier molecular flexibility index (Phi) is 8.11. The van der Waals surface area contributed by atoms with E-state index in [1.54, 1.807) is 6.07 Å². The number of hydrogen-bond donors (Lipinski definition) is 3. The first-order valence-corrected chi connectivity index (χ1v) is 14.4. The predicted molar refractivity (Wildman–Crippen MR) is 159 cm³/mol. The summed E-state index contributed by atoms with van der Waals surface area (Å²) in [5.41, 5.74) is 7.16. The second-order valence-electron chi connectivity index (χ2n) is 9.99. The number of hydrazine groups is 1. The zero-order valence-electron chi connectivity index (χ0n) is 23.0. The van der Waals surface area contributed by atoms with E-state index in [9.17, 15) is 9.18 Å². The second-order valence-corrected chi connectivity index (χ2v) is 11.0. The average Bonchev–Trinajstić information content (AvgIpc) is 3.43. The quantitative estimate of drug-likeness (QED) is 0.257. The maximum Gasteiger partial charge on any atom is 0.275 e. The minimum Gasteiger partial charge on any atom is -0.480 e. The number of nitrogens with one attached hydrogen (secondary N) is 3. The van der Waals surface area contributed by atoms with E-state index in [1.807, 2.05) is 35.2 Å². The molecule has 2 aliphatic rings. The highest BCUT2D eigenvalue weighted by Gasteiger charge is 2.52. The number of anilines is 2. The Bertz CT molecular complexity index is 1630. The van der Waals surface area contributed by atoms with Crippen molar-refractivity contribution in [3.05, 3.63) is 102 Å². The molecule has 1 saturated heterocycles. The molecular formula is C29H27F2N9O2S. The Hall–Kier alpha value is -4.69. The fourth-order valence-electron chi connectivity index (χ4n) is 5.15. The van der Waals surface area contributed by atoms with E-state index in [4.69, 9.17) is 9.73 Å². The van der Waals surface area contributed by atoms with Gasteiger partial charge < -0.3 is 20.4 Å². The fraction of sp³-hybridized carbons (Fsp3) is 0.241. The fourth-order valence-corrected chi connectivity index (χ4v) is 6.26. The van der Waals surface area contributed by atoms with Crippen molar-refractivity contribution in [1.82, 2.24) is 30.8 Å². The summed E-state index contributed by atoms with van der Waals surface area (Å²) >= 11 is 1.52. The molecule has 0 saturated carbocycles. The van der Waals surface area contributed by atoms with Gasteiger partial charge >= 0.3 is 0 Å². The lowest BCUT2D eigenvalue weighted by molar-refractivity contribution is 0.102. The number of amides is 1. The number of rotatable bonds is 8. The van der Waals surface area contributed by atoms with Crippen molar-refractivity contribution in [2.75, 3.05) is 36.2 Å². The third kappa shape index (κ3) is 6.10. The molecule has 0 bridgehead atoms. The zero-order valence-corrected chi connectivity index (χ0v) is 23.8. The molecule has 1 amide bonds. The molecule has 4 heterocycles. The van der Waals surface area contributed by atoms with Crippen molar-refractivity contribution in [3.8, 4) is 5.88 Å². The lowest BCUT2D eigenvalue weighted by Gasteiger charge is -2.36. The molecular weight excluding hydrogens is 576 g/mol. The van der Waals surface area contributed by atoms with Crippen molar-refractivity contribution >= 4 is 34.5 Å². The number of fused-ring (bicyclic) bond motifs is 1. The largest absolute Gasteiger partial charge is 0.480 e. The van der Waals surface area contributed by atoms with E-state index in [0.29, 0.717) is 41.2 Å². The van der Waals surface area contributed by atoms with Crippen LogP contribution in [0.3, 0.4) is 0 Å². The Morgan fingerprint density at radius 3 is 2.63 bits per heavy atom. The lowest BCUT2D eigenvalue weighted by Crippen LogP contribution is -2.45. The van der Waals surface area contributed by atoms with Crippen LogP contribution in [-0.4, -0.2) is 57.0 Å². The van der Waals surface area contributed by atoms with E-state index in [2.05, 4.69) is 36.1 Å². The number of nitrogens with zero attached hydrogens (tertiary/aromatic N) is 6. The maximum absolute atomic E-state index is 15.8. The van der Waals surface area contributed by atoms with E-state index in [-0.39, 0.29) is 24.0 Å². The number of thioether (sulfide) groups is 1. The van der Waals surface area contributed by atoms with Crippen LogP contribution in [0.25, 0.3) is 0 Å². The van der Waals surface area contributed by atoms with Crippen molar-refractivity contribution < 1.29 is 18.3 Å². The summed E-state index contributed by atoms with van der Waals surface area (Å²) in [6.07, 6.45) is 4.85. The van der Waals surface area contributed by atoms with Crippen LogP contribution >= 0.6 is 11.8 Å². The van der Waals surface area contributed by atoms with Crippen molar-refractivity contribution in [2.45, 2.75) is 12.1 Å². The van der Waals surface area contributed by atoms with Crippen LogP contribution in [0, 0.1) is 17.6 Å². The number of hydrogen-bond acceptors (Lipinski definition) is 11. The monoisotopic (exact) mass is 603 g/mol. The molecule has 1 fully saturated rings. The Balaban J connectivity index is 1.31. The van der Waals surface area contributed by atoms with Crippen molar-refractivity contribution in [3.63, 3.8) is 0 Å². The van der Waals surface area contributed by atoms with Crippen LogP contribution in [0.15, 0.2) is 78.3 Å². The van der Waals surface area contributed by atoms with E-state index < -0.39 is 23.1 Å². The molecule has 2 aliphatic heterocycles. The summed E-state index contributed by atoms with van der Waals surface area (Å²) in [5, 5.41) is 3.38. The van der Waals surface area contributed by atoms with Gasteiger partial charge in [-0.3, -0.25) is 4.79 Å². The molecule has 14 heteroatoms. The van der Waals surface area contributed by atoms with E-state index in [0.717, 1.165) is 18.0 Å². The van der Waals surface area contributed by atoms with Gasteiger partial charge in [0.15, 0.2) is 11.0 Å². The number of carbonyl (C=O) groups excluding carboxylic acids is 1. The Morgan fingerprint density at radius 2 is 1.88 bits per heavy atom. The molecule has 220 valence electrons. The van der Waals surface area contributed by atoms with Crippen LogP contribution in [0.2, 0.25) is 0 Å². The molecule has 2 aromatic heterocycles. The molecule has 2 atom stereocenters. The summed E-state index contributed by atoms with van der Waals surface area (Å²) in [5.74, 6) is -0.443. The molecule has 0 aliphatic carbocycles. The molecule has 2 aromatic carbocycles. The average molecular weight is 604 g/mol. The van der Waals surface area contributed by atoms with Crippen molar-refractivity contribution in [2.24, 2.45) is 10.9 Å². The first-order chi connectivity index (χ1) is 20.9. The molecule has 11 nitrogen and oxygen atoms in total. The minimum atomic E-state index is -1.05.